The first kappa shape index (κ1) is 17.5. The normalized spacial score (nSPS) is 16.4. The van der Waals surface area contributed by atoms with Crippen molar-refractivity contribution >= 4 is 34.2 Å². The molecular weight excluding hydrogens is 316 g/mol. The number of alkyl carbamates (subject to hydrolysis) is 1. The van der Waals surface area contributed by atoms with Crippen molar-refractivity contribution in [3.63, 3.8) is 0 Å². The Morgan fingerprint density at radius 2 is 2.09 bits per heavy atom. The van der Waals surface area contributed by atoms with Crippen molar-refractivity contribution in [2.45, 2.75) is 46.0 Å². The van der Waals surface area contributed by atoms with Crippen LogP contribution < -0.4 is 10.6 Å². The number of methoxy groups -OCH3 is 1. The summed E-state index contributed by atoms with van der Waals surface area (Å²) in [6.45, 7) is 4.10. The minimum absolute atomic E-state index is 0.119. The van der Waals surface area contributed by atoms with E-state index in [4.69, 9.17) is 0 Å². The number of carbonyl (C=O) groups is 3. The van der Waals surface area contributed by atoms with Gasteiger partial charge in [-0.05, 0) is 37.2 Å². The van der Waals surface area contributed by atoms with E-state index in [9.17, 15) is 14.4 Å². The van der Waals surface area contributed by atoms with E-state index < -0.39 is 12.0 Å². The lowest BCUT2D eigenvalue weighted by Gasteiger charge is -2.18. The van der Waals surface area contributed by atoms with E-state index in [1.807, 2.05) is 6.92 Å². The van der Waals surface area contributed by atoms with Gasteiger partial charge in [-0.25, -0.2) is 4.79 Å². The van der Waals surface area contributed by atoms with E-state index in [2.05, 4.69) is 22.3 Å². The fourth-order valence-electron chi connectivity index (χ4n) is 2.70. The number of ether oxygens (including phenoxy) is 1. The first-order valence-corrected chi connectivity index (χ1v) is 8.61. The molecule has 0 saturated heterocycles. The average Bonchev–Trinajstić information content (AvgIpc) is 2.83. The van der Waals surface area contributed by atoms with Crippen molar-refractivity contribution in [2.75, 3.05) is 12.4 Å². The second-order valence-corrected chi connectivity index (χ2v) is 6.90. The molecule has 0 aromatic carbocycles. The second-order valence-electron chi connectivity index (χ2n) is 5.80. The Bertz CT molecular complexity index is 624. The Kier molecular flexibility index (Phi) is 5.76. The maximum atomic E-state index is 12.4. The molecule has 1 aliphatic carbocycles. The molecule has 1 aliphatic rings. The van der Waals surface area contributed by atoms with Gasteiger partial charge >= 0.3 is 6.09 Å². The molecule has 1 heterocycles. The van der Waals surface area contributed by atoms with Crippen LogP contribution in [-0.4, -0.2) is 25.0 Å². The van der Waals surface area contributed by atoms with Crippen molar-refractivity contribution < 1.29 is 19.1 Å². The fourth-order valence-corrected chi connectivity index (χ4v) is 4.13. The lowest BCUT2D eigenvalue weighted by atomic mass is 9.88. The van der Waals surface area contributed by atoms with Gasteiger partial charge in [0.1, 0.15) is 5.00 Å². The average molecular weight is 338 g/mol. The van der Waals surface area contributed by atoms with E-state index in [1.165, 1.54) is 18.4 Å². The van der Waals surface area contributed by atoms with E-state index in [1.54, 1.807) is 0 Å². The number of nitrogens with one attached hydrogen (secondary N) is 2. The number of fused-ring (bicyclic) bond motifs is 1. The highest BCUT2D eigenvalue weighted by molar-refractivity contribution is 7.17. The minimum Gasteiger partial charge on any atom is -0.453 e. The number of hydrogen-bond acceptors (Lipinski definition) is 5. The SMILES string of the molecule is CCCC(=O)Nc1sc2c(c1C(=O)NC(=O)OC)CC[C@H](C)C2. The molecule has 0 bridgehead atoms. The first-order chi connectivity index (χ1) is 11.0. The second kappa shape index (κ2) is 7.59. The van der Waals surface area contributed by atoms with E-state index in [-0.39, 0.29) is 5.91 Å². The number of hydrogen-bond donors (Lipinski definition) is 2. The summed E-state index contributed by atoms with van der Waals surface area (Å²) in [5, 5.41) is 5.55. The maximum Gasteiger partial charge on any atom is 0.413 e. The zero-order chi connectivity index (χ0) is 17.0. The van der Waals surface area contributed by atoms with Gasteiger partial charge < -0.3 is 10.1 Å². The largest absolute Gasteiger partial charge is 0.453 e. The van der Waals surface area contributed by atoms with Crippen LogP contribution in [-0.2, 0) is 22.4 Å². The fraction of sp³-hybridized carbons (Fsp3) is 0.562. The van der Waals surface area contributed by atoms with Gasteiger partial charge in [0.2, 0.25) is 5.91 Å². The van der Waals surface area contributed by atoms with Gasteiger partial charge in [-0.1, -0.05) is 13.8 Å². The number of rotatable bonds is 4. The monoisotopic (exact) mass is 338 g/mol. The number of amides is 3. The molecule has 3 amide bonds. The molecule has 2 rings (SSSR count). The highest BCUT2D eigenvalue weighted by Gasteiger charge is 2.29. The molecule has 1 aromatic rings. The van der Waals surface area contributed by atoms with Gasteiger partial charge in [-0.2, -0.15) is 0 Å². The Morgan fingerprint density at radius 3 is 2.74 bits per heavy atom. The van der Waals surface area contributed by atoms with Gasteiger partial charge in [-0.3, -0.25) is 14.9 Å². The molecule has 2 N–H and O–H groups in total. The molecule has 6 nitrogen and oxygen atoms in total. The van der Waals surface area contributed by atoms with Crippen LogP contribution in [0.25, 0.3) is 0 Å². The van der Waals surface area contributed by atoms with Crippen molar-refractivity contribution in [2.24, 2.45) is 5.92 Å². The Balaban J connectivity index is 2.34. The summed E-state index contributed by atoms with van der Waals surface area (Å²) in [6.07, 6.45) is 2.99. The van der Waals surface area contributed by atoms with Crippen LogP contribution in [0.5, 0.6) is 0 Å². The molecule has 0 aliphatic heterocycles. The summed E-state index contributed by atoms with van der Waals surface area (Å²) >= 11 is 1.44. The highest BCUT2D eigenvalue weighted by atomic mass is 32.1. The molecule has 0 saturated carbocycles. The van der Waals surface area contributed by atoms with Crippen molar-refractivity contribution in [1.29, 1.82) is 0 Å². The number of thiophene rings is 1. The number of carbonyl (C=O) groups excluding carboxylic acids is 3. The van der Waals surface area contributed by atoms with Crippen LogP contribution in [0.15, 0.2) is 0 Å². The number of imide groups is 1. The predicted octanol–water partition coefficient (Wildman–Crippen LogP) is 3.11. The molecule has 1 atom stereocenters. The van der Waals surface area contributed by atoms with Crippen molar-refractivity contribution in [1.82, 2.24) is 5.32 Å². The van der Waals surface area contributed by atoms with Gasteiger partial charge in [0, 0.05) is 11.3 Å². The van der Waals surface area contributed by atoms with Gasteiger partial charge in [0.05, 0.1) is 12.7 Å². The van der Waals surface area contributed by atoms with Crippen molar-refractivity contribution in [3.05, 3.63) is 16.0 Å². The third-order valence-corrected chi connectivity index (χ3v) is 5.04. The smallest absolute Gasteiger partial charge is 0.413 e. The van der Waals surface area contributed by atoms with Crippen LogP contribution in [0.2, 0.25) is 0 Å². The van der Waals surface area contributed by atoms with E-state index in [0.29, 0.717) is 22.9 Å². The molecule has 23 heavy (non-hydrogen) atoms. The lowest BCUT2D eigenvalue weighted by molar-refractivity contribution is -0.116. The van der Waals surface area contributed by atoms with Crippen molar-refractivity contribution in [3.8, 4) is 0 Å². The zero-order valence-corrected chi connectivity index (χ0v) is 14.5. The minimum atomic E-state index is -0.801. The molecule has 0 spiro atoms. The van der Waals surface area contributed by atoms with Gasteiger partial charge in [0.15, 0.2) is 0 Å². The van der Waals surface area contributed by atoms with Crippen LogP contribution in [0.4, 0.5) is 9.80 Å². The van der Waals surface area contributed by atoms with E-state index in [0.717, 1.165) is 36.1 Å². The summed E-state index contributed by atoms with van der Waals surface area (Å²) in [6, 6.07) is 0. The molecule has 0 unspecified atom stereocenters. The van der Waals surface area contributed by atoms with Crippen LogP contribution in [0, 0.1) is 5.92 Å². The molecular formula is C16H22N2O4S. The summed E-state index contributed by atoms with van der Waals surface area (Å²) in [5.41, 5.74) is 1.35. The summed E-state index contributed by atoms with van der Waals surface area (Å²) in [4.78, 5) is 36.8. The van der Waals surface area contributed by atoms with Crippen LogP contribution >= 0.6 is 11.3 Å². The van der Waals surface area contributed by atoms with Gasteiger partial charge in [-0.15, -0.1) is 11.3 Å². The number of anilines is 1. The predicted molar refractivity (Wildman–Crippen MR) is 88.9 cm³/mol. The summed E-state index contributed by atoms with van der Waals surface area (Å²) in [7, 11) is 1.21. The Morgan fingerprint density at radius 1 is 1.35 bits per heavy atom. The third-order valence-electron chi connectivity index (χ3n) is 3.87. The Hall–Kier alpha value is -1.89. The maximum absolute atomic E-state index is 12.4. The molecule has 0 radical (unpaired) electrons. The topological polar surface area (TPSA) is 84.5 Å². The van der Waals surface area contributed by atoms with Crippen LogP contribution in [0.3, 0.4) is 0 Å². The summed E-state index contributed by atoms with van der Waals surface area (Å²) < 4.78 is 4.48. The van der Waals surface area contributed by atoms with Gasteiger partial charge in [0.25, 0.3) is 5.91 Å². The van der Waals surface area contributed by atoms with E-state index >= 15 is 0 Å². The molecule has 126 valence electrons. The quantitative estimate of drug-likeness (QED) is 0.883. The van der Waals surface area contributed by atoms with Crippen LogP contribution in [0.1, 0.15) is 53.9 Å². The third kappa shape index (κ3) is 4.10. The standard InChI is InChI=1S/C16H22N2O4S/c1-4-5-12(19)17-15-13(14(20)18-16(21)22-3)10-7-6-9(2)8-11(10)23-15/h9H,4-8H2,1-3H3,(H,17,19)(H,18,20,21)/t9-/m0/s1. The Labute approximate surface area is 139 Å². The molecule has 7 heteroatoms. The first-order valence-electron chi connectivity index (χ1n) is 7.79. The lowest BCUT2D eigenvalue weighted by Crippen LogP contribution is -2.31. The molecule has 1 aromatic heterocycles. The zero-order valence-electron chi connectivity index (χ0n) is 13.7. The summed E-state index contributed by atoms with van der Waals surface area (Å²) in [5.74, 6) is -0.0844. The highest BCUT2D eigenvalue weighted by Crippen LogP contribution is 2.39. The molecule has 0 fully saturated rings.